The van der Waals surface area contributed by atoms with Crippen LogP contribution in [-0.2, 0) is 9.59 Å². The molecule has 0 fully saturated rings. The lowest BCUT2D eigenvalue weighted by molar-refractivity contribution is -0.274. The van der Waals surface area contributed by atoms with E-state index in [2.05, 4.69) is 10.1 Å². The van der Waals surface area contributed by atoms with E-state index >= 15 is 0 Å². The van der Waals surface area contributed by atoms with Crippen molar-refractivity contribution in [2.24, 2.45) is 0 Å². The lowest BCUT2D eigenvalue weighted by Crippen LogP contribution is -2.32. The second-order valence-electron chi connectivity index (χ2n) is 6.74. The Labute approximate surface area is 185 Å². The van der Waals surface area contributed by atoms with Gasteiger partial charge in [0.15, 0.2) is 0 Å². The van der Waals surface area contributed by atoms with Crippen molar-refractivity contribution in [3.05, 3.63) is 95.1 Å². The molecule has 3 aromatic rings. The third-order valence-corrected chi connectivity index (χ3v) is 4.78. The summed E-state index contributed by atoms with van der Waals surface area (Å²) in [5.74, 6) is -1.72. The highest BCUT2D eigenvalue weighted by molar-refractivity contribution is 6.46. The summed E-state index contributed by atoms with van der Waals surface area (Å²) < 4.78 is 41.7. The quantitative estimate of drug-likeness (QED) is 0.503. The zero-order valence-corrected chi connectivity index (χ0v) is 16.9. The number of amides is 2. The Bertz CT molecular complexity index is 1230. The normalized spacial score (nSPS) is 14.2. The van der Waals surface area contributed by atoms with Crippen LogP contribution in [0.2, 0.25) is 5.02 Å². The van der Waals surface area contributed by atoms with Gasteiger partial charge in [-0.2, -0.15) is 0 Å². The Morgan fingerprint density at radius 3 is 2.25 bits per heavy atom. The second-order valence-corrected chi connectivity index (χ2v) is 7.18. The standard InChI is InChI=1S/C23H14ClF3N2O3/c24-15-8-4-10-17(12-15)29-21(30)19(14-6-2-1-3-7-14)20(22(29)31)28-16-9-5-11-18(13-16)32-23(25,26)27/h1-13,28H. The molecule has 0 saturated carbocycles. The molecule has 0 unspecified atom stereocenters. The first kappa shape index (κ1) is 21.5. The Morgan fingerprint density at radius 2 is 1.56 bits per heavy atom. The number of benzene rings is 3. The number of nitrogens with one attached hydrogen (secondary N) is 1. The van der Waals surface area contributed by atoms with Crippen molar-refractivity contribution in [3.63, 3.8) is 0 Å². The van der Waals surface area contributed by atoms with E-state index in [1.54, 1.807) is 48.5 Å². The molecule has 0 aromatic heterocycles. The SMILES string of the molecule is O=C1C(Nc2cccc(OC(F)(F)F)c2)=C(c2ccccc2)C(=O)N1c1cccc(Cl)c1. The number of hydrogen-bond donors (Lipinski definition) is 1. The first-order chi connectivity index (χ1) is 15.2. The predicted octanol–water partition coefficient (Wildman–Crippen LogP) is 5.64. The summed E-state index contributed by atoms with van der Waals surface area (Å²) in [6.07, 6.45) is -4.87. The lowest BCUT2D eigenvalue weighted by Gasteiger charge is -2.16. The van der Waals surface area contributed by atoms with Crippen LogP contribution >= 0.6 is 11.6 Å². The van der Waals surface area contributed by atoms with Crippen molar-refractivity contribution >= 4 is 40.4 Å². The van der Waals surface area contributed by atoms with Gasteiger partial charge in [0.2, 0.25) is 0 Å². The molecule has 1 aliphatic heterocycles. The third-order valence-electron chi connectivity index (χ3n) is 4.55. The van der Waals surface area contributed by atoms with Crippen molar-refractivity contribution in [2.75, 3.05) is 10.2 Å². The fraction of sp³-hybridized carbons (Fsp3) is 0.0435. The smallest absolute Gasteiger partial charge is 0.406 e. The molecular weight excluding hydrogens is 445 g/mol. The van der Waals surface area contributed by atoms with E-state index in [1.165, 1.54) is 18.2 Å². The van der Waals surface area contributed by atoms with E-state index in [0.29, 0.717) is 10.6 Å². The molecule has 2 amide bonds. The summed E-state index contributed by atoms with van der Waals surface area (Å²) in [6, 6.07) is 19.7. The van der Waals surface area contributed by atoms with Crippen molar-refractivity contribution in [1.29, 1.82) is 0 Å². The van der Waals surface area contributed by atoms with Gasteiger partial charge in [-0.25, -0.2) is 4.90 Å². The number of anilines is 2. The Kier molecular flexibility index (Phi) is 5.63. The first-order valence-electron chi connectivity index (χ1n) is 9.30. The number of rotatable bonds is 5. The van der Waals surface area contributed by atoms with Gasteiger partial charge in [0.1, 0.15) is 11.4 Å². The molecule has 5 nitrogen and oxygen atoms in total. The summed E-state index contributed by atoms with van der Waals surface area (Å²) >= 11 is 6.02. The molecule has 0 spiro atoms. The van der Waals surface area contributed by atoms with Crippen LogP contribution in [0, 0.1) is 0 Å². The monoisotopic (exact) mass is 458 g/mol. The third kappa shape index (κ3) is 4.45. The highest BCUT2D eigenvalue weighted by atomic mass is 35.5. The number of alkyl halides is 3. The van der Waals surface area contributed by atoms with Gasteiger partial charge in [0.05, 0.1) is 11.3 Å². The van der Waals surface area contributed by atoms with Crippen LogP contribution in [0.25, 0.3) is 5.57 Å². The minimum absolute atomic E-state index is 0.0784. The average molecular weight is 459 g/mol. The van der Waals surface area contributed by atoms with Gasteiger partial charge in [0.25, 0.3) is 11.8 Å². The zero-order chi connectivity index (χ0) is 22.9. The summed E-state index contributed by atoms with van der Waals surface area (Å²) in [4.78, 5) is 27.5. The molecule has 0 radical (unpaired) electrons. The van der Waals surface area contributed by atoms with E-state index in [1.807, 2.05) is 0 Å². The Hall–Kier alpha value is -3.78. The molecular formula is C23H14ClF3N2O3. The van der Waals surface area contributed by atoms with Crippen molar-refractivity contribution in [1.82, 2.24) is 0 Å². The summed E-state index contributed by atoms with van der Waals surface area (Å²) in [5.41, 5.74) is 0.889. The van der Waals surface area contributed by atoms with Crippen LogP contribution in [0.4, 0.5) is 24.5 Å². The van der Waals surface area contributed by atoms with Crippen LogP contribution in [0.1, 0.15) is 5.56 Å². The zero-order valence-electron chi connectivity index (χ0n) is 16.2. The number of imide groups is 1. The molecule has 1 N–H and O–H groups in total. The number of ether oxygens (including phenoxy) is 1. The van der Waals surface area contributed by atoms with Crippen molar-refractivity contribution in [3.8, 4) is 5.75 Å². The van der Waals surface area contributed by atoms with Gasteiger partial charge in [0, 0.05) is 16.8 Å². The molecule has 9 heteroatoms. The second kappa shape index (κ2) is 8.39. The first-order valence-corrected chi connectivity index (χ1v) is 9.67. The maximum atomic E-state index is 13.3. The average Bonchev–Trinajstić information content (AvgIpc) is 2.97. The lowest BCUT2D eigenvalue weighted by atomic mass is 10.0. The van der Waals surface area contributed by atoms with Crippen molar-refractivity contribution < 1.29 is 27.5 Å². The maximum Gasteiger partial charge on any atom is 0.573 e. The number of hydrogen-bond acceptors (Lipinski definition) is 4. The summed E-state index contributed by atoms with van der Waals surface area (Å²) in [5, 5.41) is 3.13. The molecule has 4 rings (SSSR count). The van der Waals surface area contributed by atoms with Gasteiger partial charge >= 0.3 is 6.36 Å². The van der Waals surface area contributed by atoms with Crippen LogP contribution < -0.4 is 15.0 Å². The number of carbonyl (C=O) groups excluding carboxylic acids is 2. The summed E-state index contributed by atoms with van der Waals surface area (Å²) in [6.45, 7) is 0. The fourth-order valence-electron chi connectivity index (χ4n) is 3.28. The topological polar surface area (TPSA) is 58.6 Å². The van der Waals surface area contributed by atoms with E-state index in [0.717, 1.165) is 17.0 Å². The molecule has 0 bridgehead atoms. The summed E-state index contributed by atoms with van der Waals surface area (Å²) in [7, 11) is 0. The molecule has 1 aliphatic rings. The number of nitrogens with zero attached hydrogens (tertiary/aromatic N) is 1. The number of halogens is 4. The van der Waals surface area contributed by atoms with Gasteiger partial charge < -0.3 is 10.1 Å². The van der Waals surface area contributed by atoms with Gasteiger partial charge in [-0.15, -0.1) is 13.2 Å². The number of carbonyl (C=O) groups is 2. The Balaban J connectivity index is 1.76. The highest BCUT2D eigenvalue weighted by Gasteiger charge is 2.40. The van der Waals surface area contributed by atoms with Crippen LogP contribution in [0.15, 0.2) is 84.6 Å². The minimum Gasteiger partial charge on any atom is -0.406 e. The van der Waals surface area contributed by atoms with E-state index < -0.39 is 23.9 Å². The molecule has 32 heavy (non-hydrogen) atoms. The van der Waals surface area contributed by atoms with Crippen LogP contribution in [-0.4, -0.2) is 18.2 Å². The van der Waals surface area contributed by atoms with Gasteiger partial charge in [-0.05, 0) is 35.9 Å². The van der Waals surface area contributed by atoms with Crippen molar-refractivity contribution in [2.45, 2.75) is 6.36 Å². The van der Waals surface area contributed by atoms with Gasteiger partial charge in [-0.3, -0.25) is 9.59 Å². The minimum atomic E-state index is -4.87. The predicted molar refractivity (Wildman–Crippen MR) is 114 cm³/mol. The maximum absolute atomic E-state index is 13.3. The van der Waals surface area contributed by atoms with Crippen LogP contribution in [0.5, 0.6) is 5.75 Å². The molecule has 162 valence electrons. The highest BCUT2D eigenvalue weighted by Crippen LogP contribution is 2.35. The van der Waals surface area contributed by atoms with Crippen LogP contribution in [0.3, 0.4) is 0 Å². The largest absolute Gasteiger partial charge is 0.573 e. The van der Waals surface area contributed by atoms with E-state index in [9.17, 15) is 22.8 Å². The van der Waals surface area contributed by atoms with E-state index in [-0.39, 0.29) is 22.6 Å². The molecule has 0 saturated heterocycles. The molecule has 1 heterocycles. The Morgan fingerprint density at radius 1 is 0.844 bits per heavy atom. The van der Waals surface area contributed by atoms with E-state index in [4.69, 9.17) is 11.6 Å². The van der Waals surface area contributed by atoms with Gasteiger partial charge in [-0.1, -0.05) is 54.1 Å². The molecule has 0 aliphatic carbocycles. The molecule has 0 atom stereocenters. The molecule has 3 aromatic carbocycles. The fourth-order valence-corrected chi connectivity index (χ4v) is 3.47.